The number of benzene rings is 2. The zero-order valence-electron chi connectivity index (χ0n) is 14.8. The minimum Gasteiger partial charge on any atom is -0.351 e. The lowest BCUT2D eigenvalue weighted by Crippen LogP contribution is -2.34. The first-order valence-electron chi connectivity index (χ1n) is 8.73. The maximum Gasteiger partial charge on any atom is 0.255 e. The lowest BCUT2D eigenvalue weighted by molar-refractivity contribution is -0.120. The second-order valence-corrected chi connectivity index (χ2v) is 6.51. The Hall–Kier alpha value is -2.44. The number of hydrogen-bond donors (Lipinski definition) is 3. The van der Waals surface area contributed by atoms with Gasteiger partial charge in [-0.3, -0.25) is 9.59 Å². The second-order valence-electron chi connectivity index (χ2n) is 6.51. The molecule has 0 atom stereocenters. The van der Waals surface area contributed by atoms with E-state index in [1.54, 1.807) is 24.3 Å². The Balaban J connectivity index is 0.00000261. The first-order valence-corrected chi connectivity index (χ1v) is 8.73. The average Bonchev–Trinajstić information content (AvgIpc) is 3.47. The van der Waals surface area contributed by atoms with Gasteiger partial charge in [0.05, 0.1) is 6.54 Å². The Morgan fingerprint density at radius 3 is 2.30 bits per heavy atom. The number of halogens is 2. The van der Waals surface area contributed by atoms with Crippen molar-refractivity contribution in [3.05, 3.63) is 65.5 Å². The number of anilines is 1. The molecule has 7 heteroatoms. The zero-order valence-corrected chi connectivity index (χ0v) is 15.7. The fourth-order valence-electron chi connectivity index (χ4n) is 2.49. The van der Waals surface area contributed by atoms with Crippen molar-refractivity contribution in [2.45, 2.75) is 19.4 Å². The van der Waals surface area contributed by atoms with Crippen LogP contribution in [0.2, 0.25) is 0 Å². The van der Waals surface area contributed by atoms with Crippen molar-refractivity contribution in [2.75, 3.05) is 18.4 Å². The molecule has 1 aliphatic rings. The standard InChI is InChI=1S/C20H22FN3O2.ClH/c21-17-7-9-18(10-8-17)24-20(26)16-5-3-15(4-6-16)12-23-19(25)13-22-11-14-1-2-14;/h3-10,14,22H,1-2,11-13H2,(H,23,25)(H,24,26);1H. The number of nitrogens with one attached hydrogen (secondary N) is 3. The molecule has 144 valence electrons. The smallest absolute Gasteiger partial charge is 0.255 e. The van der Waals surface area contributed by atoms with Crippen molar-refractivity contribution in [3.63, 3.8) is 0 Å². The van der Waals surface area contributed by atoms with Gasteiger partial charge in [-0.15, -0.1) is 12.4 Å². The molecule has 2 amide bonds. The van der Waals surface area contributed by atoms with Gasteiger partial charge in [-0.1, -0.05) is 12.1 Å². The minimum atomic E-state index is -0.350. The summed E-state index contributed by atoms with van der Waals surface area (Å²) in [6.45, 7) is 1.66. The molecule has 0 aromatic heterocycles. The first kappa shape index (κ1) is 20.9. The van der Waals surface area contributed by atoms with Crippen LogP contribution in [0.1, 0.15) is 28.8 Å². The summed E-state index contributed by atoms with van der Waals surface area (Å²) in [5, 5.41) is 8.70. The Morgan fingerprint density at radius 2 is 1.67 bits per heavy atom. The summed E-state index contributed by atoms with van der Waals surface area (Å²) in [4.78, 5) is 23.9. The molecule has 2 aromatic carbocycles. The molecule has 2 aromatic rings. The minimum absolute atomic E-state index is 0. The normalized spacial score (nSPS) is 12.8. The Bertz CT molecular complexity index is 762. The van der Waals surface area contributed by atoms with E-state index in [1.165, 1.54) is 37.1 Å². The van der Waals surface area contributed by atoms with Crippen LogP contribution < -0.4 is 16.0 Å². The first-order chi connectivity index (χ1) is 12.6. The molecule has 0 bridgehead atoms. The molecule has 0 radical (unpaired) electrons. The van der Waals surface area contributed by atoms with Crippen LogP contribution in [-0.2, 0) is 11.3 Å². The quantitative estimate of drug-likeness (QED) is 0.647. The van der Waals surface area contributed by atoms with Crippen LogP contribution in [-0.4, -0.2) is 24.9 Å². The molecule has 1 aliphatic carbocycles. The van der Waals surface area contributed by atoms with Crippen molar-refractivity contribution in [3.8, 4) is 0 Å². The van der Waals surface area contributed by atoms with Crippen molar-refractivity contribution in [2.24, 2.45) is 5.92 Å². The van der Waals surface area contributed by atoms with E-state index in [9.17, 15) is 14.0 Å². The summed E-state index contributed by atoms with van der Waals surface area (Å²) in [5.41, 5.74) is 1.95. The van der Waals surface area contributed by atoms with E-state index < -0.39 is 0 Å². The number of carbonyl (C=O) groups excluding carboxylic acids is 2. The largest absolute Gasteiger partial charge is 0.351 e. The van der Waals surface area contributed by atoms with Crippen LogP contribution in [0, 0.1) is 11.7 Å². The number of amides is 2. The third-order valence-corrected chi connectivity index (χ3v) is 4.22. The summed E-state index contributed by atoms with van der Waals surface area (Å²) in [7, 11) is 0. The van der Waals surface area contributed by atoms with Gasteiger partial charge in [0.15, 0.2) is 0 Å². The fraction of sp³-hybridized carbons (Fsp3) is 0.300. The molecular weight excluding hydrogens is 369 g/mol. The Labute approximate surface area is 164 Å². The molecule has 27 heavy (non-hydrogen) atoms. The molecule has 3 N–H and O–H groups in total. The van der Waals surface area contributed by atoms with E-state index in [0.29, 0.717) is 24.3 Å². The third kappa shape index (κ3) is 7.00. The highest BCUT2D eigenvalue weighted by molar-refractivity contribution is 6.04. The third-order valence-electron chi connectivity index (χ3n) is 4.22. The van der Waals surface area contributed by atoms with Gasteiger partial charge in [-0.2, -0.15) is 0 Å². The van der Waals surface area contributed by atoms with Crippen LogP contribution in [0.5, 0.6) is 0 Å². The molecule has 5 nitrogen and oxygen atoms in total. The van der Waals surface area contributed by atoms with E-state index in [1.807, 2.05) is 0 Å². The van der Waals surface area contributed by atoms with Crippen LogP contribution >= 0.6 is 12.4 Å². The summed E-state index contributed by atoms with van der Waals surface area (Å²) in [6, 6.07) is 12.6. The molecule has 0 saturated heterocycles. The summed E-state index contributed by atoms with van der Waals surface area (Å²) in [6.07, 6.45) is 2.52. The number of rotatable bonds is 8. The average molecular weight is 392 g/mol. The highest BCUT2D eigenvalue weighted by Crippen LogP contribution is 2.27. The van der Waals surface area contributed by atoms with E-state index in [4.69, 9.17) is 0 Å². The van der Waals surface area contributed by atoms with Crippen molar-refractivity contribution >= 4 is 29.9 Å². The van der Waals surface area contributed by atoms with Crippen molar-refractivity contribution < 1.29 is 14.0 Å². The van der Waals surface area contributed by atoms with E-state index in [-0.39, 0.29) is 30.0 Å². The van der Waals surface area contributed by atoms with Gasteiger partial charge >= 0.3 is 0 Å². The van der Waals surface area contributed by atoms with Crippen LogP contribution in [0.25, 0.3) is 0 Å². The number of carbonyl (C=O) groups is 2. The van der Waals surface area contributed by atoms with E-state index in [0.717, 1.165) is 18.0 Å². The van der Waals surface area contributed by atoms with Crippen LogP contribution in [0.3, 0.4) is 0 Å². The molecule has 0 spiro atoms. The van der Waals surface area contributed by atoms with Gasteiger partial charge in [0.1, 0.15) is 5.82 Å². The molecular formula is C20H23ClFN3O2. The molecule has 3 rings (SSSR count). The van der Waals surface area contributed by atoms with Crippen molar-refractivity contribution in [1.82, 2.24) is 10.6 Å². The summed E-state index contributed by atoms with van der Waals surface area (Å²) >= 11 is 0. The Kier molecular flexibility index (Phi) is 7.76. The van der Waals surface area contributed by atoms with Gasteiger partial charge < -0.3 is 16.0 Å². The van der Waals surface area contributed by atoms with Gasteiger partial charge in [-0.25, -0.2) is 4.39 Å². The maximum atomic E-state index is 12.9. The highest BCUT2D eigenvalue weighted by atomic mass is 35.5. The predicted molar refractivity (Wildman–Crippen MR) is 105 cm³/mol. The molecule has 1 saturated carbocycles. The maximum absolute atomic E-state index is 12.9. The van der Waals surface area contributed by atoms with Gasteiger partial charge in [0.2, 0.25) is 5.91 Å². The molecule has 1 fully saturated rings. The topological polar surface area (TPSA) is 70.2 Å². The highest BCUT2D eigenvalue weighted by Gasteiger charge is 2.20. The molecule has 0 heterocycles. The summed E-state index contributed by atoms with van der Waals surface area (Å²) < 4.78 is 12.9. The van der Waals surface area contributed by atoms with Gasteiger partial charge in [0, 0.05) is 17.8 Å². The molecule has 0 unspecified atom stereocenters. The number of hydrogen-bond acceptors (Lipinski definition) is 3. The monoisotopic (exact) mass is 391 g/mol. The van der Waals surface area contributed by atoms with Crippen LogP contribution in [0.15, 0.2) is 48.5 Å². The van der Waals surface area contributed by atoms with Crippen molar-refractivity contribution in [1.29, 1.82) is 0 Å². The van der Waals surface area contributed by atoms with Gasteiger partial charge in [-0.05, 0) is 67.3 Å². The second kappa shape index (κ2) is 10.0. The Morgan fingerprint density at radius 1 is 1.00 bits per heavy atom. The van der Waals surface area contributed by atoms with E-state index in [2.05, 4.69) is 16.0 Å². The lowest BCUT2D eigenvalue weighted by atomic mass is 10.1. The van der Waals surface area contributed by atoms with Crippen LogP contribution in [0.4, 0.5) is 10.1 Å². The van der Waals surface area contributed by atoms with Gasteiger partial charge in [0.25, 0.3) is 5.91 Å². The molecule has 0 aliphatic heterocycles. The fourth-order valence-corrected chi connectivity index (χ4v) is 2.49. The SMILES string of the molecule is Cl.O=C(CNCC1CC1)NCc1ccc(C(=O)Nc2ccc(F)cc2)cc1. The van der Waals surface area contributed by atoms with E-state index >= 15 is 0 Å². The summed E-state index contributed by atoms with van der Waals surface area (Å²) in [5.74, 6) is 0.0915. The zero-order chi connectivity index (χ0) is 18.4. The lowest BCUT2D eigenvalue weighted by Gasteiger charge is -2.08. The predicted octanol–water partition coefficient (Wildman–Crippen LogP) is 3.12.